The van der Waals surface area contributed by atoms with E-state index in [9.17, 15) is 9.90 Å². The van der Waals surface area contributed by atoms with Crippen LogP contribution in [0.3, 0.4) is 0 Å². The lowest BCUT2D eigenvalue weighted by Crippen LogP contribution is -2.56. The van der Waals surface area contributed by atoms with Crippen molar-refractivity contribution >= 4 is 12.0 Å². The molecule has 8 heteroatoms. The summed E-state index contributed by atoms with van der Waals surface area (Å²) in [5.74, 6) is 2.77. The molecule has 0 aromatic heterocycles. The third-order valence-corrected chi connectivity index (χ3v) is 7.69. The van der Waals surface area contributed by atoms with Crippen LogP contribution < -0.4 is 23.7 Å². The van der Waals surface area contributed by atoms with E-state index in [0.717, 1.165) is 36.8 Å². The van der Waals surface area contributed by atoms with Gasteiger partial charge in [-0.2, -0.15) is 0 Å². The lowest BCUT2D eigenvalue weighted by molar-refractivity contribution is -0.150. The number of carbonyl (C=O) groups is 1. The van der Waals surface area contributed by atoms with Gasteiger partial charge in [0.25, 0.3) is 0 Å². The minimum atomic E-state index is -0.767. The minimum Gasteiger partial charge on any atom is -0.493 e. The molecule has 0 bridgehead atoms. The topological polar surface area (TPSA) is 86.7 Å². The number of hydrogen-bond acceptors (Lipinski definition) is 7. The van der Waals surface area contributed by atoms with Crippen molar-refractivity contribution in [3.63, 3.8) is 0 Å². The number of likely N-dealkylation sites (tertiary alicyclic amines) is 1. The minimum absolute atomic E-state index is 0.0427. The first-order valence-electron chi connectivity index (χ1n) is 12.4. The normalized spacial score (nSPS) is 24.9. The Morgan fingerprint density at radius 3 is 2.50 bits per heavy atom. The van der Waals surface area contributed by atoms with Crippen LogP contribution in [0.5, 0.6) is 28.7 Å². The van der Waals surface area contributed by atoms with Gasteiger partial charge in [-0.05, 0) is 60.7 Å². The highest BCUT2D eigenvalue weighted by Gasteiger charge is 2.50. The molecule has 2 aromatic carbocycles. The second-order valence-electron chi connectivity index (χ2n) is 9.59. The first-order valence-corrected chi connectivity index (χ1v) is 12.4. The van der Waals surface area contributed by atoms with Crippen molar-refractivity contribution in [1.82, 2.24) is 4.90 Å². The number of carbonyl (C=O) groups excluding carboxylic acids is 1. The molecule has 0 radical (unpaired) electrons. The van der Waals surface area contributed by atoms with Crippen LogP contribution in [0.2, 0.25) is 0 Å². The number of amides is 1. The number of aliphatic hydroxyl groups is 1. The van der Waals surface area contributed by atoms with Gasteiger partial charge in [0.15, 0.2) is 23.0 Å². The van der Waals surface area contributed by atoms with Gasteiger partial charge in [0.2, 0.25) is 18.4 Å². The van der Waals surface area contributed by atoms with Crippen LogP contribution in [0, 0.1) is 5.92 Å². The molecule has 3 aliphatic rings. The fourth-order valence-corrected chi connectivity index (χ4v) is 5.90. The number of hydrogen-bond donors (Lipinski definition) is 1. The molecule has 0 spiro atoms. The maximum atomic E-state index is 13.6. The van der Waals surface area contributed by atoms with Crippen LogP contribution in [0.1, 0.15) is 49.3 Å². The lowest BCUT2D eigenvalue weighted by Gasteiger charge is -2.52. The van der Waals surface area contributed by atoms with Crippen LogP contribution in [0.25, 0.3) is 6.08 Å². The largest absolute Gasteiger partial charge is 0.493 e. The summed E-state index contributed by atoms with van der Waals surface area (Å²) in [6.07, 6.45) is 7.59. The third-order valence-electron chi connectivity index (χ3n) is 7.69. The molecule has 8 nitrogen and oxygen atoms in total. The van der Waals surface area contributed by atoms with E-state index < -0.39 is 5.60 Å². The fraction of sp³-hybridized carbons (Fsp3) is 0.464. The summed E-state index contributed by atoms with van der Waals surface area (Å²) in [7, 11) is 4.67. The summed E-state index contributed by atoms with van der Waals surface area (Å²) >= 11 is 0. The van der Waals surface area contributed by atoms with Gasteiger partial charge in [0, 0.05) is 18.5 Å². The Kier molecular flexibility index (Phi) is 6.71. The molecule has 192 valence electrons. The monoisotopic (exact) mass is 495 g/mol. The van der Waals surface area contributed by atoms with Crippen molar-refractivity contribution in [2.24, 2.45) is 5.92 Å². The van der Waals surface area contributed by atoms with Crippen LogP contribution in [-0.4, -0.2) is 56.2 Å². The number of piperidine rings is 1. The second-order valence-corrected chi connectivity index (χ2v) is 9.59. The standard InChI is InChI=1S/C28H33NO7/c1-32-23-14-18(15-24(33-2)27(23)34-3)7-10-25(30)29-13-12-28(31)11-5-4-6-20(28)26(29)19-8-9-21-22(16-19)36-17-35-21/h7-10,14-16,20,26,31H,4-6,11-13,17H2,1-3H3/b10-7+/t20-,26+,28+/m1/s1. The Bertz CT molecular complexity index is 1140. The van der Waals surface area contributed by atoms with E-state index in [1.807, 2.05) is 23.1 Å². The molecule has 36 heavy (non-hydrogen) atoms. The first-order chi connectivity index (χ1) is 17.5. The number of fused-ring (bicyclic) bond motifs is 2. The maximum absolute atomic E-state index is 13.6. The number of nitrogens with zero attached hydrogens (tertiary/aromatic N) is 1. The van der Waals surface area contributed by atoms with E-state index in [0.29, 0.717) is 41.7 Å². The Morgan fingerprint density at radius 1 is 1.03 bits per heavy atom. The molecule has 1 N–H and O–H groups in total. The van der Waals surface area contributed by atoms with Crippen LogP contribution in [-0.2, 0) is 4.79 Å². The van der Waals surface area contributed by atoms with Crippen molar-refractivity contribution in [2.45, 2.75) is 43.7 Å². The van der Waals surface area contributed by atoms with Crippen LogP contribution in [0.4, 0.5) is 0 Å². The van der Waals surface area contributed by atoms with Gasteiger partial charge >= 0.3 is 0 Å². The third kappa shape index (κ3) is 4.34. The highest BCUT2D eigenvalue weighted by molar-refractivity contribution is 5.92. The molecule has 5 rings (SSSR count). The summed E-state index contributed by atoms with van der Waals surface area (Å²) in [6.45, 7) is 0.668. The van der Waals surface area contributed by atoms with Crippen molar-refractivity contribution < 1.29 is 33.6 Å². The molecule has 2 aromatic rings. The zero-order chi connectivity index (χ0) is 25.3. The second kappa shape index (κ2) is 9.93. The highest BCUT2D eigenvalue weighted by Crippen LogP contribution is 2.50. The first kappa shape index (κ1) is 24.3. The molecule has 1 aliphatic carbocycles. The van der Waals surface area contributed by atoms with Gasteiger partial charge in [-0.15, -0.1) is 0 Å². The van der Waals surface area contributed by atoms with E-state index in [-0.39, 0.29) is 24.7 Å². The van der Waals surface area contributed by atoms with E-state index in [2.05, 4.69) is 0 Å². The van der Waals surface area contributed by atoms with Gasteiger partial charge in [-0.3, -0.25) is 4.79 Å². The van der Waals surface area contributed by atoms with Crippen molar-refractivity contribution in [1.29, 1.82) is 0 Å². The Balaban J connectivity index is 1.47. The predicted molar refractivity (Wildman–Crippen MR) is 134 cm³/mol. The lowest BCUT2D eigenvalue weighted by atomic mass is 9.66. The molecule has 1 amide bonds. The van der Waals surface area contributed by atoms with Crippen molar-refractivity contribution in [2.75, 3.05) is 34.7 Å². The van der Waals surface area contributed by atoms with E-state index in [4.69, 9.17) is 23.7 Å². The smallest absolute Gasteiger partial charge is 0.247 e. The molecule has 3 atom stereocenters. The van der Waals surface area contributed by atoms with Crippen LogP contribution >= 0.6 is 0 Å². The van der Waals surface area contributed by atoms with Gasteiger partial charge in [-0.25, -0.2) is 0 Å². The molecule has 1 saturated carbocycles. The summed E-state index contributed by atoms with van der Waals surface area (Å²) in [5.41, 5.74) is 0.943. The molecule has 0 unspecified atom stereocenters. The highest BCUT2D eigenvalue weighted by atomic mass is 16.7. The van der Waals surface area contributed by atoms with E-state index in [1.54, 1.807) is 45.6 Å². The molecular formula is C28H33NO7. The number of methoxy groups -OCH3 is 3. The predicted octanol–water partition coefficient (Wildman–Crippen LogP) is 4.35. The zero-order valence-electron chi connectivity index (χ0n) is 21.0. The van der Waals surface area contributed by atoms with Crippen molar-refractivity contribution in [3.05, 3.63) is 47.5 Å². The van der Waals surface area contributed by atoms with Gasteiger partial charge in [-0.1, -0.05) is 18.9 Å². The summed E-state index contributed by atoms with van der Waals surface area (Å²) < 4.78 is 27.4. The average Bonchev–Trinajstić information content (AvgIpc) is 3.38. The average molecular weight is 496 g/mol. The van der Waals surface area contributed by atoms with Crippen molar-refractivity contribution in [3.8, 4) is 28.7 Å². The quantitative estimate of drug-likeness (QED) is 0.597. The van der Waals surface area contributed by atoms with E-state index in [1.165, 1.54) is 0 Å². The molecule has 1 saturated heterocycles. The number of rotatable bonds is 6. The molecule has 2 aliphatic heterocycles. The number of ether oxygens (including phenoxy) is 5. The fourth-order valence-electron chi connectivity index (χ4n) is 5.90. The molecule has 2 heterocycles. The van der Waals surface area contributed by atoms with Gasteiger partial charge in [0.1, 0.15) is 0 Å². The maximum Gasteiger partial charge on any atom is 0.247 e. The summed E-state index contributed by atoms with van der Waals surface area (Å²) in [6, 6.07) is 9.18. The Morgan fingerprint density at radius 2 is 1.78 bits per heavy atom. The number of benzene rings is 2. The van der Waals surface area contributed by atoms with Gasteiger partial charge < -0.3 is 33.7 Å². The Hall–Kier alpha value is -3.39. The summed E-state index contributed by atoms with van der Waals surface area (Å²) in [5, 5.41) is 11.5. The Labute approximate surface area is 211 Å². The molecule has 2 fully saturated rings. The van der Waals surface area contributed by atoms with Gasteiger partial charge in [0.05, 0.1) is 33.0 Å². The zero-order valence-corrected chi connectivity index (χ0v) is 21.0. The van der Waals surface area contributed by atoms with E-state index >= 15 is 0 Å². The molecular weight excluding hydrogens is 462 g/mol. The van der Waals surface area contributed by atoms with Crippen LogP contribution in [0.15, 0.2) is 36.4 Å². The summed E-state index contributed by atoms with van der Waals surface area (Å²) in [4.78, 5) is 15.5. The SMILES string of the molecule is COc1cc(/C=C/C(=O)N2CC[C@@]3(O)CCCC[C@@H]3[C@@H]2c2ccc3c(c2)OCO3)cc(OC)c1OC.